The number of aliphatic hydroxyl groups is 3. The predicted molar refractivity (Wildman–Crippen MR) is 138 cm³/mol. The quantitative estimate of drug-likeness (QED) is 0.193. The van der Waals surface area contributed by atoms with E-state index in [4.69, 9.17) is 10.5 Å². The maximum Gasteiger partial charge on any atom is 0.306 e. The van der Waals surface area contributed by atoms with Gasteiger partial charge in [0.15, 0.2) is 11.4 Å². The molecule has 6 atom stereocenters. The number of amides is 1. The summed E-state index contributed by atoms with van der Waals surface area (Å²) in [4.78, 5) is 54.2. The van der Waals surface area contributed by atoms with Gasteiger partial charge in [-0.2, -0.15) is 0 Å². The van der Waals surface area contributed by atoms with E-state index in [9.17, 15) is 39.6 Å². The van der Waals surface area contributed by atoms with Crippen molar-refractivity contribution >= 4 is 23.4 Å². The van der Waals surface area contributed by atoms with Gasteiger partial charge in [-0.25, -0.2) is 0 Å². The molecule has 6 unspecified atom stereocenters. The Kier molecular flexibility index (Phi) is 7.35. The molecule has 3 aliphatic carbocycles. The summed E-state index contributed by atoms with van der Waals surface area (Å²) in [6, 6.07) is 3.18. The number of esters is 1. The first-order valence-electron chi connectivity index (χ1n) is 13.0. The summed E-state index contributed by atoms with van der Waals surface area (Å²) in [6.45, 7) is 3.68. The fourth-order valence-corrected chi connectivity index (χ4v) is 6.42. The third kappa shape index (κ3) is 4.11. The molecule has 0 saturated heterocycles. The number of ketones is 2. The number of primary amides is 1. The number of hydrogen-bond acceptors (Lipinski definition) is 10. The Labute approximate surface area is 225 Å². The first-order valence-corrected chi connectivity index (χ1v) is 13.0. The number of benzene rings is 1. The molecule has 1 aromatic rings. The van der Waals surface area contributed by atoms with Crippen LogP contribution in [-0.2, 0) is 19.1 Å². The minimum absolute atomic E-state index is 0.0296. The summed E-state index contributed by atoms with van der Waals surface area (Å²) < 4.78 is 5.94. The topological polar surface area (TPSA) is 188 Å². The smallest absolute Gasteiger partial charge is 0.306 e. The lowest BCUT2D eigenvalue weighted by Crippen LogP contribution is -2.69. The Balaban J connectivity index is 2.02. The molecule has 210 valence electrons. The van der Waals surface area contributed by atoms with Gasteiger partial charge in [-0.3, -0.25) is 24.1 Å². The number of nitrogens with zero attached hydrogens (tertiary/aromatic N) is 1. The third-order valence-electron chi connectivity index (χ3n) is 8.22. The molecule has 1 amide bonds. The van der Waals surface area contributed by atoms with E-state index in [1.165, 1.54) is 25.1 Å². The van der Waals surface area contributed by atoms with Gasteiger partial charge in [-0.05, 0) is 38.1 Å². The summed E-state index contributed by atoms with van der Waals surface area (Å²) in [7, 11) is 3.02. The molecule has 6 N–H and O–H groups in total. The van der Waals surface area contributed by atoms with E-state index in [0.29, 0.717) is 12.0 Å². The average Bonchev–Trinajstić information content (AvgIpc) is 2.85. The van der Waals surface area contributed by atoms with Crippen molar-refractivity contribution in [2.24, 2.45) is 17.6 Å². The number of nitrogens with two attached hydrogens (primary N) is 1. The third-order valence-corrected chi connectivity index (χ3v) is 8.22. The van der Waals surface area contributed by atoms with Crippen molar-refractivity contribution in [1.29, 1.82) is 0 Å². The van der Waals surface area contributed by atoms with Crippen LogP contribution in [0.5, 0.6) is 5.75 Å². The van der Waals surface area contributed by atoms with Crippen LogP contribution in [0, 0.1) is 11.8 Å². The second-order valence-corrected chi connectivity index (χ2v) is 10.7. The van der Waals surface area contributed by atoms with Gasteiger partial charge in [-0.1, -0.05) is 38.8 Å². The van der Waals surface area contributed by atoms with Crippen LogP contribution in [0.4, 0.5) is 0 Å². The lowest BCUT2D eigenvalue weighted by atomic mass is 9.55. The molecule has 0 fully saturated rings. The predicted octanol–water partition coefficient (Wildman–Crippen LogP) is 1.78. The molecule has 39 heavy (non-hydrogen) atoms. The van der Waals surface area contributed by atoms with Crippen LogP contribution in [-0.4, -0.2) is 80.6 Å². The number of phenolic OH excluding ortho intramolecular Hbond substituents is 1. The van der Waals surface area contributed by atoms with Gasteiger partial charge in [0.25, 0.3) is 5.91 Å². The van der Waals surface area contributed by atoms with Crippen LogP contribution in [0.2, 0.25) is 0 Å². The van der Waals surface area contributed by atoms with E-state index in [1.807, 2.05) is 6.92 Å². The zero-order valence-electron chi connectivity index (χ0n) is 22.3. The number of phenols is 1. The minimum Gasteiger partial charge on any atom is -0.510 e. The standard InChI is InChI=1S/C28H34N2O9/c1-5-6-7-11-15(32)39-24-16-12(2)13-9-8-10-14(31)17(13)22(33)18(16)25(35)28(38)20(24)21(30(3)4)23(34)19(26(28)36)27(29)37/h8-10,12,16,20-21,24,31,34-35,38H,5-7,11H2,1-4H3,(H2,29,37). The lowest BCUT2D eigenvalue weighted by molar-refractivity contribution is -0.181. The van der Waals surface area contributed by atoms with Gasteiger partial charge in [-0.15, -0.1) is 0 Å². The number of likely N-dealkylation sites (N-methyl/N-ethyl adjacent to an activating group) is 1. The van der Waals surface area contributed by atoms with Crippen molar-refractivity contribution in [2.75, 3.05) is 14.1 Å². The second kappa shape index (κ2) is 10.1. The zero-order chi connectivity index (χ0) is 29.0. The maximum absolute atomic E-state index is 13.8. The van der Waals surface area contributed by atoms with E-state index in [0.717, 1.165) is 12.8 Å². The summed E-state index contributed by atoms with van der Waals surface area (Å²) in [6.07, 6.45) is 0.766. The van der Waals surface area contributed by atoms with Crippen molar-refractivity contribution in [3.05, 3.63) is 52.0 Å². The van der Waals surface area contributed by atoms with Crippen LogP contribution in [0.1, 0.15) is 61.4 Å². The first kappa shape index (κ1) is 28.3. The molecule has 0 spiro atoms. The van der Waals surface area contributed by atoms with E-state index in [2.05, 4.69) is 0 Å². The fourth-order valence-electron chi connectivity index (χ4n) is 6.42. The molecule has 0 heterocycles. The van der Waals surface area contributed by atoms with Gasteiger partial charge in [0.05, 0.1) is 17.5 Å². The SMILES string of the molecule is CCCCCC(=O)OC1C2C(=C(O)C3(O)C(=O)C(C(N)=O)=C(O)C(N(C)C)C13)C(=O)c1c(O)cccc1C2C. The lowest BCUT2D eigenvalue weighted by Gasteiger charge is -2.54. The second-order valence-electron chi connectivity index (χ2n) is 10.7. The molecule has 1 aromatic carbocycles. The number of aromatic hydroxyl groups is 1. The van der Waals surface area contributed by atoms with E-state index in [1.54, 1.807) is 19.1 Å². The molecular weight excluding hydrogens is 508 g/mol. The highest BCUT2D eigenvalue weighted by Gasteiger charge is 2.68. The number of fused-ring (bicyclic) bond motifs is 3. The highest BCUT2D eigenvalue weighted by Crippen LogP contribution is 2.56. The number of rotatable bonds is 7. The Bertz CT molecular complexity index is 1310. The van der Waals surface area contributed by atoms with Crippen LogP contribution < -0.4 is 5.73 Å². The molecule has 11 heteroatoms. The van der Waals surface area contributed by atoms with Crippen LogP contribution >= 0.6 is 0 Å². The van der Waals surface area contributed by atoms with Crippen molar-refractivity contribution in [2.45, 2.75) is 63.2 Å². The summed E-state index contributed by atoms with van der Waals surface area (Å²) >= 11 is 0. The maximum atomic E-state index is 13.8. The van der Waals surface area contributed by atoms with Gasteiger partial charge in [0.2, 0.25) is 5.78 Å². The zero-order valence-corrected chi connectivity index (χ0v) is 22.3. The number of carbonyl (C=O) groups excluding carboxylic acids is 4. The number of ether oxygens (including phenoxy) is 1. The molecule has 0 aromatic heterocycles. The summed E-state index contributed by atoms with van der Waals surface area (Å²) in [5.74, 6) is -9.56. The number of carbonyl (C=O) groups is 4. The van der Waals surface area contributed by atoms with Crippen molar-refractivity contribution in [3.8, 4) is 5.75 Å². The summed E-state index contributed by atoms with van der Waals surface area (Å²) in [5, 5.41) is 45.1. The monoisotopic (exact) mass is 542 g/mol. The Morgan fingerprint density at radius 1 is 1.13 bits per heavy atom. The largest absolute Gasteiger partial charge is 0.510 e. The highest BCUT2D eigenvalue weighted by atomic mass is 16.5. The molecule has 0 radical (unpaired) electrons. The average molecular weight is 543 g/mol. The normalized spacial score (nSPS) is 30.2. The molecule has 4 rings (SSSR count). The van der Waals surface area contributed by atoms with Crippen molar-refractivity contribution in [3.63, 3.8) is 0 Å². The van der Waals surface area contributed by atoms with Gasteiger partial charge in [0, 0.05) is 17.9 Å². The van der Waals surface area contributed by atoms with E-state index < -0.39 is 81.6 Å². The van der Waals surface area contributed by atoms with E-state index >= 15 is 0 Å². The van der Waals surface area contributed by atoms with Crippen LogP contribution in [0.15, 0.2) is 40.9 Å². The molecular formula is C28H34N2O9. The number of hydrogen-bond donors (Lipinski definition) is 5. The van der Waals surface area contributed by atoms with Gasteiger partial charge < -0.3 is 30.9 Å². The Morgan fingerprint density at radius 3 is 2.38 bits per heavy atom. The van der Waals surface area contributed by atoms with E-state index in [-0.39, 0.29) is 17.7 Å². The Hall–Kier alpha value is -3.70. The minimum atomic E-state index is -2.94. The molecule has 0 bridgehead atoms. The molecule has 0 aliphatic heterocycles. The number of Topliss-reactive ketones (excluding diaryl/α,β-unsaturated/α-hetero) is 2. The van der Waals surface area contributed by atoms with Gasteiger partial charge >= 0.3 is 5.97 Å². The number of unbranched alkanes of at least 4 members (excludes halogenated alkanes) is 2. The van der Waals surface area contributed by atoms with Crippen LogP contribution in [0.25, 0.3) is 0 Å². The first-order chi connectivity index (χ1) is 18.3. The van der Waals surface area contributed by atoms with Crippen molar-refractivity contribution in [1.82, 2.24) is 4.90 Å². The molecule has 11 nitrogen and oxygen atoms in total. The highest BCUT2D eigenvalue weighted by molar-refractivity contribution is 6.25. The molecule has 3 aliphatic rings. The number of aliphatic hydroxyl groups excluding tert-OH is 2. The van der Waals surface area contributed by atoms with Crippen LogP contribution in [0.3, 0.4) is 0 Å². The van der Waals surface area contributed by atoms with Crippen molar-refractivity contribution < 1.29 is 44.3 Å². The fraction of sp³-hybridized carbons (Fsp3) is 0.500. The summed E-state index contributed by atoms with van der Waals surface area (Å²) in [5.41, 5.74) is 1.44. The Morgan fingerprint density at radius 2 is 1.79 bits per heavy atom. The molecule has 0 saturated carbocycles. The van der Waals surface area contributed by atoms with Gasteiger partial charge in [0.1, 0.15) is 28.9 Å².